The Morgan fingerprint density at radius 1 is 1.53 bits per heavy atom. The van der Waals surface area contributed by atoms with Crippen LogP contribution in [-0.4, -0.2) is 29.1 Å². The summed E-state index contributed by atoms with van der Waals surface area (Å²) in [6, 6.07) is 6.93. The highest BCUT2D eigenvalue weighted by atomic mass is 16.5. The largest absolute Gasteiger partial charge is 0.380 e. The zero-order chi connectivity index (χ0) is 12.3. The van der Waals surface area contributed by atoms with E-state index in [0.29, 0.717) is 18.0 Å². The van der Waals surface area contributed by atoms with Crippen molar-refractivity contribution < 1.29 is 4.74 Å². The van der Waals surface area contributed by atoms with Crippen LogP contribution in [0.5, 0.6) is 0 Å². The lowest BCUT2D eigenvalue weighted by atomic mass is 10.4. The van der Waals surface area contributed by atoms with Crippen LogP contribution in [0.1, 0.15) is 6.92 Å². The molecule has 5 heteroatoms. The number of methoxy groups -OCH3 is 1. The second kappa shape index (κ2) is 4.97. The van der Waals surface area contributed by atoms with Gasteiger partial charge in [0.15, 0.2) is 0 Å². The van der Waals surface area contributed by atoms with Crippen molar-refractivity contribution in [3.63, 3.8) is 0 Å². The Kier molecular flexibility index (Phi) is 3.39. The van der Waals surface area contributed by atoms with Gasteiger partial charge in [0.05, 0.1) is 6.10 Å². The first kappa shape index (κ1) is 11.6. The molecule has 0 saturated carbocycles. The average Bonchev–Trinajstić information content (AvgIpc) is 2.36. The molecule has 0 aliphatic rings. The smallest absolute Gasteiger partial charge is 0.259 e. The molecular formula is C12H15N3O2. The van der Waals surface area contributed by atoms with Crippen LogP contribution in [-0.2, 0) is 4.74 Å². The molecule has 0 radical (unpaired) electrons. The molecule has 0 spiro atoms. The van der Waals surface area contributed by atoms with Gasteiger partial charge in [0.25, 0.3) is 5.56 Å². The predicted octanol–water partition coefficient (Wildman–Crippen LogP) is 1.14. The third-order valence-corrected chi connectivity index (χ3v) is 2.54. The fourth-order valence-electron chi connectivity index (χ4n) is 1.48. The summed E-state index contributed by atoms with van der Waals surface area (Å²) in [5.41, 5.74) is 0.538. The van der Waals surface area contributed by atoms with Crippen LogP contribution in [0, 0.1) is 0 Å². The minimum atomic E-state index is -0.0943. The first-order valence-corrected chi connectivity index (χ1v) is 5.46. The summed E-state index contributed by atoms with van der Waals surface area (Å²) in [6.07, 6.45) is 1.78. The van der Waals surface area contributed by atoms with Gasteiger partial charge in [0.1, 0.15) is 11.5 Å². The van der Waals surface area contributed by atoms with Gasteiger partial charge in [-0.1, -0.05) is 6.07 Å². The Morgan fingerprint density at radius 3 is 3.12 bits per heavy atom. The van der Waals surface area contributed by atoms with E-state index in [2.05, 4.69) is 10.3 Å². The molecule has 90 valence electrons. The minimum absolute atomic E-state index is 0.0750. The van der Waals surface area contributed by atoms with E-state index in [0.717, 1.165) is 0 Å². The average molecular weight is 233 g/mol. The van der Waals surface area contributed by atoms with Crippen molar-refractivity contribution >= 4 is 11.5 Å². The monoisotopic (exact) mass is 233 g/mol. The zero-order valence-electron chi connectivity index (χ0n) is 9.88. The molecule has 0 aliphatic heterocycles. The lowest BCUT2D eigenvalue weighted by molar-refractivity contribution is 0.128. The van der Waals surface area contributed by atoms with Crippen LogP contribution in [0.2, 0.25) is 0 Å². The van der Waals surface area contributed by atoms with Gasteiger partial charge in [-0.3, -0.25) is 9.20 Å². The highest BCUT2D eigenvalue weighted by molar-refractivity contribution is 5.46. The number of aromatic nitrogens is 2. The summed E-state index contributed by atoms with van der Waals surface area (Å²) in [6.45, 7) is 2.56. The van der Waals surface area contributed by atoms with Gasteiger partial charge in [-0.25, -0.2) is 4.98 Å². The number of ether oxygens (including phenoxy) is 1. The molecule has 2 aromatic rings. The number of nitrogens with zero attached hydrogens (tertiary/aromatic N) is 2. The maximum atomic E-state index is 11.8. The van der Waals surface area contributed by atoms with Crippen molar-refractivity contribution in [2.24, 2.45) is 0 Å². The van der Waals surface area contributed by atoms with Gasteiger partial charge in [-0.2, -0.15) is 0 Å². The molecule has 0 saturated heterocycles. The van der Waals surface area contributed by atoms with Crippen molar-refractivity contribution in [2.45, 2.75) is 13.0 Å². The molecule has 0 aliphatic carbocycles. The van der Waals surface area contributed by atoms with E-state index in [-0.39, 0.29) is 11.7 Å². The maximum absolute atomic E-state index is 11.8. The number of pyridine rings is 1. The molecule has 0 amide bonds. The second-order valence-electron chi connectivity index (χ2n) is 3.84. The summed E-state index contributed by atoms with van der Waals surface area (Å²) < 4.78 is 6.62. The molecule has 1 unspecified atom stereocenters. The lowest BCUT2D eigenvalue weighted by Gasteiger charge is -2.11. The van der Waals surface area contributed by atoms with Crippen molar-refractivity contribution in [3.05, 3.63) is 40.8 Å². The topological polar surface area (TPSA) is 55.6 Å². The first-order chi connectivity index (χ1) is 8.20. The fraction of sp³-hybridized carbons (Fsp3) is 0.333. The van der Waals surface area contributed by atoms with Crippen molar-refractivity contribution in [3.8, 4) is 0 Å². The number of anilines is 1. The van der Waals surface area contributed by atoms with E-state index in [4.69, 9.17) is 4.74 Å². The molecule has 5 nitrogen and oxygen atoms in total. The van der Waals surface area contributed by atoms with Gasteiger partial charge in [-0.05, 0) is 19.1 Å². The molecular weight excluding hydrogens is 218 g/mol. The van der Waals surface area contributed by atoms with Gasteiger partial charge < -0.3 is 10.1 Å². The Morgan fingerprint density at radius 2 is 2.35 bits per heavy atom. The summed E-state index contributed by atoms with van der Waals surface area (Å²) in [4.78, 5) is 16.1. The second-order valence-corrected chi connectivity index (χ2v) is 3.84. The van der Waals surface area contributed by atoms with E-state index in [1.54, 1.807) is 25.4 Å². The molecule has 2 heterocycles. The molecule has 2 aromatic heterocycles. The SMILES string of the molecule is COC(C)CNc1cc(=O)n2ccccc2n1. The van der Waals surface area contributed by atoms with Crippen LogP contribution in [0.4, 0.5) is 5.82 Å². The fourth-order valence-corrected chi connectivity index (χ4v) is 1.48. The summed E-state index contributed by atoms with van der Waals surface area (Å²) in [5, 5.41) is 3.08. The third-order valence-electron chi connectivity index (χ3n) is 2.54. The summed E-state index contributed by atoms with van der Waals surface area (Å²) in [7, 11) is 1.65. The molecule has 2 rings (SSSR count). The van der Waals surface area contributed by atoms with Crippen molar-refractivity contribution in [2.75, 3.05) is 19.0 Å². The third kappa shape index (κ3) is 2.62. The Balaban J connectivity index is 2.28. The molecule has 1 N–H and O–H groups in total. The van der Waals surface area contributed by atoms with Crippen molar-refractivity contribution in [1.82, 2.24) is 9.38 Å². The number of rotatable bonds is 4. The van der Waals surface area contributed by atoms with Crippen LogP contribution in [0.15, 0.2) is 35.3 Å². The van der Waals surface area contributed by atoms with E-state index in [9.17, 15) is 4.79 Å². The van der Waals surface area contributed by atoms with E-state index >= 15 is 0 Å². The summed E-state index contributed by atoms with van der Waals surface area (Å²) in [5.74, 6) is 0.574. The van der Waals surface area contributed by atoms with E-state index in [1.165, 1.54) is 10.5 Å². The number of fused-ring (bicyclic) bond motifs is 1. The normalized spacial score (nSPS) is 12.6. The number of hydrogen-bond acceptors (Lipinski definition) is 4. The highest BCUT2D eigenvalue weighted by Crippen LogP contribution is 2.03. The molecule has 0 fully saturated rings. The zero-order valence-corrected chi connectivity index (χ0v) is 9.88. The predicted molar refractivity (Wildman–Crippen MR) is 66.4 cm³/mol. The number of nitrogens with one attached hydrogen (secondary N) is 1. The highest BCUT2D eigenvalue weighted by Gasteiger charge is 2.03. The summed E-state index contributed by atoms with van der Waals surface area (Å²) >= 11 is 0. The van der Waals surface area contributed by atoms with E-state index < -0.39 is 0 Å². The van der Waals surface area contributed by atoms with Gasteiger partial charge >= 0.3 is 0 Å². The van der Waals surface area contributed by atoms with Crippen LogP contribution < -0.4 is 10.9 Å². The molecule has 17 heavy (non-hydrogen) atoms. The number of hydrogen-bond donors (Lipinski definition) is 1. The maximum Gasteiger partial charge on any atom is 0.259 e. The van der Waals surface area contributed by atoms with Gasteiger partial charge in [-0.15, -0.1) is 0 Å². The molecule has 0 bridgehead atoms. The van der Waals surface area contributed by atoms with Gasteiger partial charge in [0.2, 0.25) is 0 Å². The molecule has 1 atom stereocenters. The Labute approximate surface area is 99.1 Å². The lowest BCUT2D eigenvalue weighted by Crippen LogP contribution is -2.21. The standard InChI is InChI=1S/C12H15N3O2/c1-9(17-2)8-13-10-7-12(16)15-6-4-3-5-11(15)14-10/h3-7,9,13H,8H2,1-2H3. The minimum Gasteiger partial charge on any atom is -0.380 e. The van der Waals surface area contributed by atoms with Crippen LogP contribution >= 0.6 is 0 Å². The Hall–Kier alpha value is -1.88. The quantitative estimate of drug-likeness (QED) is 0.860. The van der Waals surface area contributed by atoms with Gasteiger partial charge in [0, 0.05) is 25.9 Å². The Bertz CT molecular complexity index is 565. The van der Waals surface area contributed by atoms with E-state index in [1.807, 2.05) is 13.0 Å². The first-order valence-electron chi connectivity index (χ1n) is 5.46. The van der Waals surface area contributed by atoms with Crippen LogP contribution in [0.3, 0.4) is 0 Å². The van der Waals surface area contributed by atoms with Crippen molar-refractivity contribution in [1.29, 1.82) is 0 Å². The molecule has 0 aromatic carbocycles. The van der Waals surface area contributed by atoms with Crippen LogP contribution in [0.25, 0.3) is 5.65 Å².